The molecule has 0 aliphatic rings. The minimum atomic E-state index is -0.526. The molecule has 0 saturated heterocycles. The highest BCUT2D eigenvalue weighted by atomic mass is 16.3. The van der Waals surface area contributed by atoms with Crippen molar-refractivity contribution in [1.82, 2.24) is 10.3 Å². The molecule has 0 saturated carbocycles. The molecule has 1 aromatic rings. The summed E-state index contributed by atoms with van der Waals surface area (Å²) in [6.45, 7) is 8.21. The summed E-state index contributed by atoms with van der Waals surface area (Å²) < 4.78 is 0. The molecule has 2 atom stereocenters. The molecule has 112 valence electrons. The standard InChI is InChI=1S/C15H25N3O2/c1-5-11(4)13(19)9-17-15(20)12-7-6-8-16-14(12)18-10(2)3/h6-8,10-11,13,19H,5,9H2,1-4H3,(H,16,18)(H,17,20). The van der Waals surface area contributed by atoms with Gasteiger partial charge in [-0.25, -0.2) is 4.98 Å². The van der Waals surface area contributed by atoms with Gasteiger partial charge >= 0.3 is 0 Å². The Morgan fingerprint density at radius 3 is 2.70 bits per heavy atom. The number of amides is 1. The van der Waals surface area contributed by atoms with Gasteiger partial charge in [-0.3, -0.25) is 4.79 Å². The lowest BCUT2D eigenvalue weighted by molar-refractivity contribution is 0.0850. The summed E-state index contributed by atoms with van der Waals surface area (Å²) in [6, 6.07) is 3.65. The molecule has 0 bridgehead atoms. The average Bonchev–Trinajstić information content (AvgIpc) is 2.43. The number of aromatic nitrogens is 1. The third kappa shape index (κ3) is 4.81. The molecule has 0 aliphatic carbocycles. The van der Waals surface area contributed by atoms with E-state index in [0.29, 0.717) is 11.4 Å². The molecule has 2 unspecified atom stereocenters. The van der Waals surface area contributed by atoms with Gasteiger partial charge in [-0.15, -0.1) is 0 Å². The molecule has 0 aromatic carbocycles. The molecule has 3 N–H and O–H groups in total. The fourth-order valence-electron chi connectivity index (χ4n) is 1.74. The van der Waals surface area contributed by atoms with Crippen LogP contribution in [0.2, 0.25) is 0 Å². The molecule has 1 amide bonds. The largest absolute Gasteiger partial charge is 0.391 e. The quantitative estimate of drug-likeness (QED) is 0.714. The van der Waals surface area contributed by atoms with Crippen molar-refractivity contribution in [3.05, 3.63) is 23.9 Å². The van der Waals surface area contributed by atoms with Crippen LogP contribution in [0.1, 0.15) is 44.5 Å². The van der Waals surface area contributed by atoms with Crippen molar-refractivity contribution in [3.63, 3.8) is 0 Å². The number of aliphatic hydroxyl groups excluding tert-OH is 1. The molecule has 20 heavy (non-hydrogen) atoms. The topological polar surface area (TPSA) is 74.2 Å². The second-order valence-corrected chi connectivity index (χ2v) is 5.36. The van der Waals surface area contributed by atoms with Crippen molar-refractivity contribution >= 4 is 11.7 Å². The van der Waals surface area contributed by atoms with Gasteiger partial charge in [0.2, 0.25) is 0 Å². The summed E-state index contributed by atoms with van der Waals surface area (Å²) in [6.07, 6.45) is 2.00. The van der Waals surface area contributed by atoms with Gasteiger partial charge in [0, 0.05) is 18.8 Å². The maximum absolute atomic E-state index is 12.2. The highest BCUT2D eigenvalue weighted by Crippen LogP contribution is 2.13. The van der Waals surface area contributed by atoms with Gasteiger partial charge in [-0.05, 0) is 31.9 Å². The fraction of sp³-hybridized carbons (Fsp3) is 0.600. The third-order valence-corrected chi connectivity index (χ3v) is 3.25. The zero-order valence-electron chi connectivity index (χ0n) is 12.7. The molecule has 0 spiro atoms. The number of anilines is 1. The summed E-state index contributed by atoms with van der Waals surface area (Å²) in [5.41, 5.74) is 0.498. The number of aliphatic hydroxyl groups is 1. The van der Waals surface area contributed by atoms with Gasteiger partial charge in [0.05, 0.1) is 11.7 Å². The first-order valence-corrected chi connectivity index (χ1v) is 7.13. The summed E-state index contributed by atoms with van der Waals surface area (Å²) in [7, 11) is 0. The smallest absolute Gasteiger partial charge is 0.255 e. The van der Waals surface area contributed by atoms with Crippen molar-refractivity contribution in [2.24, 2.45) is 5.92 Å². The molecular weight excluding hydrogens is 254 g/mol. The minimum Gasteiger partial charge on any atom is -0.391 e. The summed E-state index contributed by atoms with van der Waals surface area (Å²) >= 11 is 0. The Labute approximate surface area is 120 Å². The van der Waals surface area contributed by atoms with E-state index in [2.05, 4.69) is 15.6 Å². The highest BCUT2D eigenvalue weighted by Gasteiger charge is 2.16. The van der Waals surface area contributed by atoms with Crippen LogP contribution in [-0.2, 0) is 0 Å². The Kier molecular flexibility index (Phi) is 6.45. The predicted molar refractivity (Wildman–Crippen MR) is 80.8 cm³/mol. The van der Waals surface area contributed by atoms with Crippen LogP contribution in [-0.4, -0.2) is 34.7 Å². The first-order valence-electron chi connectivity index (χ1n) is 7.13. The van der Waals surface area contributed by atoms with Gasteiger partial charge in [0.1, 0.15) is 5.82 Å². The zero-order chi connectivity index (χ0) is 15.1. The lowest BCUT2D eigenvalue weighted by Crippen LogP contribution is -2.35. The molecule has 1 rings (SSSR count). The van der Waals surface area contributed by atoms with Crippen LogP contribution in [0.4, 0.5) is 5.82 Å². The van der Waals surface area contributed by atoms with E-state index in [4.69, 9.17) is 0 Å². The van der Waals surface area contributed by atoms with Crippen molar-refractivity contribution in [1.29, 1.82) is 0 Å². The van der Waals surface area contributed by atoms with E-state index in [1.165, 1.54) is 0 Å². The monoisotopic (exact) mass is 279 g/mol. The molecule has 0 fully saturated rings. The summed E-state index contributed by atoms with van der Waals surface area (Å²) in [5, 5.41) is 15.8. The average molecular weight is 279 g/mol. The second-order valence-electron chi connectivity index (χ2n) is 5.36. The molecule has 1 heterocycles. The Bertz CT molecular complexity index is 435. The van der Waals surface area contributed by atoms with E-state index in [0.717, 1.165) is 6.42 Å². The zero-order valence-corrected chi connectivity index (χ0v) is 12.7. The Hall–Kier alpha value is -1.62. The molecule has 5 heteroatoms. The number of pyridine rings is 1. The van der Waals surface area contributed by atoms with E-state index in [9.17, 15) is 9.90 Å². The second kappa shape index (κ2) is 7.85. The predicted octanol–water partition coefficient (Wildman–Crippen LogP) is 2.04. The van der Waals surface area contributed by atoms with Gasteiger partial charge in [-0.1, -0.05) is 20.3 Å². The van der Waals surface area contributed by atoms with Crippen LogP contribution in [0.5, 0.6) is 0 Å². The number of nitrogens with one attached hydrogen (secondary N) is 2. The maximum Gasteiger partial charge on any atom is 0.255 e. The summed E-state index contributed by atoms with van der Waals surface area (Å²) in [5.74, 6) is 0.513. The third-order valence-electron chi connectivity index (χ3n) is 3.25. The van der Waals surface area contributed by atoms with E-state index < -0.39 is 6.10 Å². The van der Waals surface area contributed by atoms with Gasteiger partial charge in [0.15, 0.2) is 0 Å². The number of hydrogen-bond donors (Lipinski definition) is 3. The lowest BCUT2D eigenvalue weighted by Gasteiger charge is -2.18. The minimum absolute atomic E-state index is 0.164. The lowest BCUT2D eigenvalue weighted by atomic mass is 10.0. The molecule has 0 aliphatic heterocycles. The first kappa shape index (κ1) is 16.4. The fourth-order valence-corrected chi connectivity index (χ4v) is 1.74. The molecular formula is C15H25N3O2. The Morgan fingerprint density at radius 2 is 2.10 bits per heavy atom. The SMILES string of the molecule is CCC(C)C(O)CNC(=O)c1cccnc1NC(C)C. The van der Waals surface area contributed by atoms with E-state index >= 15 is 0 Å². The first-order chi connectivity index (χ1) is 9.45. The van der Waals surface area contributed by atoms with Crippen molar-refractivity contribution in [3.8, 4) is 0 Å². The summed E-state index contributed by atoms with van der Waals surface area (Å²) in [4.78, 5) is 16.3. The highest BCUT2D eigenvalue weighted by molar-refractivity contribution is 5.98. The number of hydrogen-bond acceptors (Lipinski definition) is 4. The van der Waals surface area contributed by atoms with Gasteiger partial charge in [-0.2, -0.15) is 0 Å². The van der Waals surface area contributed by atoms with Gasteiger partial charge in [0.25, 0.3) is 5.91 Å². The van der Waals surface area contributed by atoms with Crippen molar-refractivity contribution in [2.45, 2.75) is 46.3 Å². The van der Waals surface area contributed by atoms with Crippen LogP contribution in [0.15, 0.2) is 18.3 Å². The Morgan fingerprint density at radius 1 is 1.40 bits per heavy atom. The Balaban J connectivity index is 2.68. The number of carbonyl (C=O) groups excluding carboxylic acids is 1. The van der Waals surface area contributed by atoms with E-state index in [1.807, 2.05) is 27.7 Å². The van der Waals surface area contributed by atoms with Crippen LogP contribution in [0.3, 0.4) is 0 Å². The molecule has 1 aromatic heterocycles. The van der Waals surface area contributed by atoms with Crippen molar-refractivity contribution < 1.29 is 9.90 Å². The molecule has 0 radical (unpaired) electrons. The van der Waals surface area contributed by atoms with Gasteiger partial charge < -0.3 is 15.7 Å². The number of carbonyl (C=O) groups is 1. The molecule has 5 nitrogen and oxygen atoms in total. The van der Waals surface area contributed by atoms with E-state index in [-0.39, 0.29) is 24.4 Å². The maximum atomic E-state index is 12.2. The number of rotatable bonds is 7. The normalized spacial score (nSPS) is 13.9. The van der Waals surface area contributed by atoms with Crippen LogP contribution in [0, 0.1) is 5.92 Å². The van der Waals surface area contributed by atoms with Crippen molar-refractivity contribution in [2.75, 3.05) is 11.9 Å². The van der Waals surface area contributed by atoms with Crippen LogP contribution < -0.4 is 10.6 Å². The van der Waals surface area contributed by atoms with Crippen LogP contribution >= 0.6 is 0 Å². The van der Waals surface area contributed by atoms with Crippen LogP contribution in [0.25, 0.3) is 0 Å². The number of nitrogens with zero attached hydrogens (tertiary/aromatic N) is 1. The van der Waals surface area contributed by atoms with E-state index in [1.54, 1.807) is 18.3 Å².